The van der Waals surface area contributed by atoms with E-state index in [9.17, 15) is 14.4 Å². The standard InChI is InChI=1S/C30H39NO10/c1-19(2)16-37-26-17-36-14-12-22(30(34)40-20(3)28(26)41-23-9-7-6-8-10-23)15-24(33)27-29(39-18-38-21(4)32)25(35-5)11-13-31-27/h6-11,13,19-20,22,26,28H,12,14-18H2,1-5H3/t20-,22+,26-,28-/m0/s1. The molecule has 0 amide bonds. The van der Waals surface area contributed by atoms with Gasteiger partial charge in [0.1, 0.15) is 18.0 Å². The zero-order valence-electron chi connectivity index (χ0n) is 24.2. The Balaban J connectivity index is 1.78. The number of benzene rings is 1. The number of para-hydroxylation sites is 1. The van der Waals surface area contributed by atoms with Gasteiger partial charge in [-0.15, -0.1) is 0 Å². The van der Waals surface area contributed by atoms with Gasteiger partial charge in [0.05, 0.1) is 19.6 Å². The largest absolute Gasteiger partial charge is 0.493 e. The molecule has 3 rings (SSSR count). The first-order valence-electron chi connectivity index (χ1n) is 13.6. The van der Waals surface area contributed by atoms with Crippen LogP contribution in [0.1, 0.15) is 51.0 Å². The molecule has 224 valence electrons. The van der Waals surface area contributed by atoms with E-state index in [1.165, 1.54) is 26.3 Å². The molecule has 0 radical (unpaired) electrons. The van der Waals surface area contributed by atoms with Gasteiger partial charge in [0.2, 0.25) is 6.79 Å². The van der Waals surface area contributed by atoms with Gasteiger partial charge >= 0.3 is 11.9 Å². The molecular formula is C30H39NO10. The van der Waals surface area contributed by atoms with E-state index in [4.69, 9.17) is 33.2 Å². The average Bonchev–Trinajstić information content (AvgIpc) is 2.94. The van der Waals surface area contributed by atoms with E-state index < -0.39 is 48.7 Å². The first kappa shape index (κ1) is 31.8. The first-order valence-corrected chi connectivity index (χ1v) is 13.6. The van der Waals surface area contributed by atoms with Crippen LogP contribution >= 0.6 is 0 Å². The number of esters is 2. The number of hydrogen-bond donors (Lipinski definition) is 0. The fraction of sp³-hybridized carbons (Fsp3) is 0.533. The molecule has 1 aliphatic heterocycles. The van der Waals surface area contributed by atoms with Gasteiger partial charge in [0.15, 0.2) is 29.1 Å². The fourth-order valence-corrected chi connectivity index (χ4v) is 4.18. The summed E-state index contributed by atoms with van der Waals surface area (Å²) in [5.74, 6) is -1.27. The molecule has 1 aromatic carbocycles. The van der Waals surface area contributed by atoms with Gasteiger partial charge in [-0.05, 0) is 31.4 Å². The molecule has 0 unspecified atom stereocenters. The van der Waals surface area contributed by atoms with Crippen LogP contribution in [0.2, 0.25) is 0 Å². The van der Waals surface area contributed by atoms with E-state index in [1.807, 2.05) is 44.2 Å². The number of carbonyl (C=O) groups excluding carboxylic acids is 3. The van der Waals surface area contributed by atoms with Crippen molar-refractivity contribution in [1.82, 2.24) is 4.98 Å². The van der Waals surface area contributed by atoms with Gasteiger partial charge in [0.25, 0.3) is 0 Å². The Kier molecular flexibility index (Phi) is 12.4. The maximum Gasteiger partial charge on any atom is 0.309 e. The zero-order chi connectivity index (χ0) is 29.8. The quantitative estimate of drug-likeness (QED) is 0.207. The Hall–Kier alpha value is -3.70. The smallest absolute Gasteiger partial charge is 0.309 e. The highest BCUT2D eigenvalue weighted by molar-refractivity contribution is 5.99. The molecule has 0 saturated carbocycles. The summed E-state index contributed by atoms with van der Waals surface area (Å²) >= 11 is 0. The predicted octanol–water partition coefficient (Wildman–Crippen LogP) is 4.02. The average molecular weight is 574 g/mol. The lowest BCUT2D eigenvalue weighted by Crippen LogP contribution is -2.48. The molecule has 1 fully saturated rings. The van der Waals surface area contributed by atoms with Crippen molar-refractivity contribution in [3.05, 3.63) is 48.3 Å². The number of nitrogens with zero attached hydrogens (tertiary/aromatic N) is 1. The van der Waals surface area contributed by atoms with Crippen molar-refractivity contribution in [1.29, 1.82) is 0 Å². The summed E-state index contributed by atoms with van der Waals surface area (Å²) in [7, 11) is 1.41. The number of methoxy groups -OCH3 is 1. The minimum atomic E-state index is -0.815. The van der Waals surface area contributed by atoms with Crippen molar-refractivity contribution in [2.75, 3.05) is 33.7 Å². The summed E-state index contributed by atoms with van der Waals surface area (Å²) < 4.78 is 39.8. The van der Waals surface area contributed by atoms with Gasteiger partial charge in [-0.3, -0.25) is 14.4 Å². The minimum absolute atomic E-state index is 0.0144. The second kappa shape index (κ2) is 15.9. The van der Waals surface area contributed by atoms with Gasteiger partial charge < -0.3 is 33.2 Å². The van der Waals surface area contributed by atoms with Crippen LogP contribution in [-0.4, -0.2) is 74.7 Å². The van der Waals surface area contributed by atoms with E-state index in [2.05, 4.69) is 4.98 Å². The number of hydrogen-bond acceptors (Lipinski definition) is 11. The lowest BCUT2D eigenvalue weighted by Gasteiger charge is -2.34. The number of ether oxygens (including phenoxy) is 7. The summed E-state index contributed by atoms with van der Waals surface area (Å²) in [4.78, 5) is 42.1. The van der Waals surface area contributed by atoms with Gasteiger partial charge in [-0.2, -0.15) is 0 Å². The summed E-state index contributed by atoms with van der Waals surface area (Å²) in [6, 6.07) is 10.7. The van der Waals surface area contributed by atoms with Gasteiger partial charge in [-0.25, -0.2) is 4.98 Å². The van der Waals surface area contributed by atoms with E-state index >= 15 is 0 Å². The zero-order valence-corrected chi connectivity index (χ0v) is 24.2. The van der Waals surface area contributed by atoms with E-state index in [0.717, 1.165) is 0 Å². The normalized spacial score (nSPS) is 21.5. The topological polar surface area (TPSA) is 129 Å². The van der Waals surface area contributed by atoms with Crippen molar-refractivity contribution in [3.8, 4) is 17.2 Å². The molecule has 1 saturated heterocycles. The van der Waals surface area contributed by atoms with Crippen molar-refractivity contribution in [2.24, 2.45) is 11.8 Å². The molecule has 2 aromatic rings. The highest BCUT2D eigenvalue weighted by Gasteiger charge is 2.36. The van der Waals surface area contributed by atoms with Crippen molar-refractivity contribution >= 4 is 17.7 Å². The first-order chi connectivity index (χ1) is 19.7. The number of pyridine rings is 1. The number of Topliss-reactive ketones (excluding diaryl/α,β-unsaturated/α-hetero) is 1. The maximum atomic E-state index is 13.4. The van der Waals surface area contributed by atoms with Crippen LogP contribution in [-0.2, 0) is 28.5 Å². The van der Waals surface area contributed by atoms with Crippen LogP contribution in [0.25, 0.3) is 0 Å². The molecule has 1 aromatic heterocycles. The second-order valence-corrected chi connectivity index (χ2v) is 10.1. The summed E-state index contributed by atoms with van der Waals surface area (Å²) in [5, 5.41) is 0. The van der Waals surface area contributed by atoms with Crippen LogP contribution in [0.5, 0.6) is 17.2 Å². The van der Waals surface area contributed by atoms with Crippen LogP contribution in [0.4, 0.5) is 0 Å². The Labute approximate surface area is 240 Å². The molecule has 2 heterocycles. The van der Waals surface area contributed by atoms with Crippen LogP contribution < -0.4 is 14.2 Å². The van der Waals surface area contributed by atoms with Crippen LogP contribution in [0.3, 0.4) is 0 Å². The van der Waals surface area contributed by atoms with Gasteiger partial charge in [-0.1, -0.05) is 32.0 Å². The molecule has 41 heavy (non-hydrogen) atoms. The molecule has 1 aliphatic rings. The third kappa shape index (κ3) is 9.72. The molecule has 0 bridgehead atoms. The SMILES string of the molecule is COc1ccnc(C(=O)C[C@H]2CCOC[C@H](OCC(C)C)[C@@H](Oc3ccccc3)[C@H](C)OC2=O)c1OCOC(C)=O. The summed E-state index contributed by atoms with van der Waals surface area (Å²) in [6.45, 7) is 7.53. The Morgan fingerprint density at radius 3 is 2.59 bits per heavy atom. The molecule has 11 nitrogen and oxygen atoms in total. The molecule has 0 spiro atoms. The monoisotopic (exact) mass is 573 g/mol. The Morgan fingerprint density at radius 1 is 1.15 bits per heavy atom. The Morgan fingerprint density at radius 2 is 1.90 bits per heavy atom. The minimum Gasteiger partial charge on any atom is -0.493 e. The number of ketones is 1. The van der Waals surface area contributed by atoms with E-state index in [1.54, 1.807) is 6.92 Å². The summed E-state index contributed by atoms with van der Waals surface area (Å²) in [5.41, 5.74) is -0.0530. The molecule has 0 aliphatic carbocycles. The fourth-order valence-electron chi connectivity index (χ4n) is 4.18. The highest BCUT2D eigenvalue weighted by Crippen LogP contribution is 2.32. The predicted molar refractivity (Wildman–Crippen MR) is 147 cm³/mol. The highest BCUT2D eigenvalue weighted by atomic mass is 16.7. The third-order valence-electron chi connectivity index (χ3n) is 6.27. The van der Waals surface area contributed by atoms with Crippen LogP contribution in [0, 0.1) is 11.8 Å². The summed E-state index contributed by atoms with van der Waals surface area (Å²) in [6.07, 6.45) is -0.434. The number of carbonyl (C=O) groups is 3. The van der Waals surface area contributed by atoms with Crippen LogP contribution in [0.15, 0.2) is 42.6 Å². The van der Waals surface area contributed by atoms with Gasteiger partial charge in [0, 0.05) is 38.8 Å². The van der Waals surface area contributed by atoms with E-state index in [-0.39, 0.29) is 49.2 Å². The number of cyclic esters (lactones) is 1. The van der Waals surface area contributed by atoms with Crippen molar-refractivity contribution in [3.63, 3.8) is 0 Å². The van der Waals surface area contributed by atoms with E-state index in [0.29, 0.717) is 12.4 Å². The number of aromatic nitrogens is 1. The molecule has 11 heteroatoms. The Bertz CT molecular complexity index is 1140. The second-order valence-electron chi connectivity index (χ2n) is 10.1. The molecule has 4 atom stereocenters. The van der Waals surface area contributed by atoms with Crippen molar-refractivity contribution < 1.29 is 47.5 Å². The third-order valence-corrected chi connectivity index (χ3v) is 6.27. The lowest BCUT2D eigenvalue weighted by atomic mass is 9.96. The maximum absolute atomic E-state index is 13.4. The molecular weight excluding hydrogens is 534 g/mol. The number of rotatable bonds is 12. The van der Waals surface area contributed by atoms with Crippen molar-refractivity contribution in [2.45, 2.75) is 58.8 Å². The molecule has 0 N–H and O–H groups in total. The lowest BCUT2D eigenvalue weighted by molar-refractivity contribution is -0.170.